The van der Waals surface area contributed by atoms with Crippen LogP contribution in [0.3, 0.4) is 0 Å². The molecule has 0 spiro atoms. The Morgan fingerprint density at radius 1 is 1.45 bits per heavy atom. The molecular formula is C17H28N2O. The van der Waals surface area contributed by atoms with Crippen molar-refractivity contribution in [1.29, 1.82) is 0 Å². The third-order valence-electron chi connectivity index (χ3n) is 4.51. The van der Waals surface area contributed by atoms with E-state index in [-0.39, 0.29) is 0 Å². The zero-order chi connectivity index (χ0) is 14.7. The van der Waals surface area contributed by atoms with Crippen LogP contribution in [-0.2, 0) is 6.42 Å². The number of nitrogens with one attached hydrogen (secondary N) is 1. The maximum Gasteiger partial charge on any atom is 0.128 e. The lowest BCUT2D eigenvalue weighted by Crippen LogP contribution is -2.34. The third kappa shape index (κ3) is 3.32. The molecule has 1 aliphatic rings. The smallest absolute Gasteiger partial charge is 0.128 e. The van der Waals surface area contributed by atoms with Gasteiger partial charge >= 0.3 is 0 Å². The van der Waals surface area contributed by atoms with Crippen LogP contribution >= 0.6 is 0 Å². The van der Waals surface area contributed by atoms with Crippen molar-refractivity contribution in [2.45, 2.75) is 53.0 Å². The Hall–Kier alpha value is -1.09. The van der Waals surface area contributed by atoms with Gasteiger partial charge in [-0.15, -0.1) is 0 Å². The predicted molar refractivity (Wildman–Crippen MR) is 83.3 cm³/mol. The summed E-state index contributed by atoms with van der Waals surface area (Å²) in [5.41, 5.74) is 3.50. The van der Waals surface area contributed by atoms with Crippen molar-refractivity contribution in [1.82, 2.24) is 10.3 Å². The topological polar surface area (TPSA) is 34.2 Å². The highest BCUT2D eigenvalue weighted by molar-refractivity contribution is 5.41. The van der Waals surface area contributed by atoms with Crippen molar-refractivity contribution in [2.24, 2.45) is 11.8 Å². The molecule has 1 aliphatic carbocycles. The number of aryl methyl sites for hydroxylation is 1. The molecule has 0 amide bonds. The summed E-state index contributed by atoms with van der Waals surface area (Å²) in [4.78, 5) is 4.65. The highest BCUT2D eigenvalue weighted by Crippen LogP contribution is 2.41. The van der Waals surface area contributed by atoms with E-state index in [1.165, 1.54) is 24.1 Å². The molecule has 0 aromatic carbocycles. The Labute approximate surface area is 123 Å². The number of methoxy groups -OCH3 is 1. The maximum absolute atomic E-state index is 5.52. The molecular weight excluding hydrogens is 248 g/mol. The Morgan fingerprint density at radius 3 is 2.70 bits per heavy atom. The lowest BCUT2D eigenvalue weighted by Gasteiger charge is -2.20. The molecule has 112 valence electrons. The van der Waals surface area contributed by atoms with Crippen molar-refractivity contribution in [3.8, 4) is 5.75 Å². The molecule has 0 saturated heterocycles. The SMILES string of the molecule is CCCNC(Cc1ncc(C)c(OC)c1C)C1CC1C. The van der Waals surface area contributed by atoms with Crippen LogP contribution in [0.1, 0.15) is 43.5 Å². The number of nitrogens with zero attached hydrogens (tertiary/aromatic N) is 1. The van der Waals surface area contributed by atoms with Gasteiger partial charge in [0.1, 0.15) is 5.75 Å². The molecule has 0 bridgehead atoms. The summed E-state index contributed by atoms with van der Waals surface area (Å²) >= 11 is 0. The van der Waals surface area contributed by atoms with E-state index in [0.717, 1.165) is 36.1 Å². The standard InChI is InChI=1S/C17H28N2O/c1-6-7-18-16(14-8-11(14)2)9-15-13(4)17(20-5)12(3)10-19-15/h10-11,14,16,18H,6-9H2,1-5H3. The molecule has 3 unspecified atom stereocenters. The first kappa shape index (κ1) is 15.3. The van der Waals surface area contributed by atoms with E-state index in [9.17, 15) is 0 Å². The molecule has 2 rings (SSSR count). The van der Waals surface area contributed by atoms with Crippen molar-refractivity contribution in [3.05, 3.63) is 23.0 Å². The first-order valence-corrected chi connectivity index (χ1v) is 7.80. The summed E-state index contributed by atoms with van der Waals surface area (Å²) in [6, 6.07) is 0.559. The lowest BCUT2D eigenvalue weighted by atomic mass is 10.0. The summed E-state index contributed by atoms with van der Waals surface area (Å²) in [6.45, 7) is 9.84. The van der Waals surface area contributed by atoms with Gasteiger partial charge in [0.15, 0.2) is 0 Å². The van der Waals surface area contributed by atoms with Crippen LogP contribution in [0.5, 0.6) is 5.75 Å². The number of hydrogen-bond donors (Lipinski definition) is 1. The van der Waals surface area contributed by atoms with Gasteiger partial charge in [0.25, 0.3) is 0 Å². The van der Waals surface area contributed by atoms with Gasteiger partial charge in [-0.1, -0.05) is 13.8 Å². The molecule has 0 aliphatic heterocycles. The highest BCUT2D eigenvalue weighted by atomic mass is 16.5. The van der Waals surface area contributed by atoms with E-state index in [1.54, 1.807) is 7.11 Å². The Kier molecular flexibility index (Phi) is 5.03. The second kappa shape index (κ2) is 6.57. The van der Waals surface area contributed by atoms with Crippen LogP contribution in [-0.4, -0.2) is 24.7 Å². The molecule has 1 aromatic rings. The monoisotopic (exact) mass is 276 g/mol. The first-order chi connectivity index (χ1) is 9.58. The summed E-state index contributed by atoms with van der Waals surface area (Å²) in [6.07, 6.45) is 5.48. The van der Waals surface area contributed by atoms with Gasteiger partial charge < -0.3 is 10.1 Å². The molecule has 1 heterocycles. The van der Waals surface area contributed by atoms with Gasteiger partial charge in [-0.3, -0.25) is 4.98 Å². The maximum atomic E-state index is 5.52. The molecule has 3 nitrogen and oxygen atoms in total. The Balaban J connectivity index is 2.14. The van der Waals surface area contributed by atoms with Gasteiger partial charge in [-0.05, 0) is 45.1 Å². The van der Waals surface area contributed by atoms with Gasteiger partial charge in [0.2, 0.25) is 0 Å². The van der Waals surface area contributed by atoms with Crippen molar-refractivity contribution in [3.63, 3.8) is 0 Å². The van der Waals surface area contributed by atoms with Crippen LogP contribution in [0.25, 0.3) is 0 Å². The molecule has 3 atom stereocenters. The number of rotatable bonds is 7. The molecule has 1 N–H and O–H groups in total. The zero-order valence-electron chi connectivity index (χ0n) is 13.5. The number of hydrogen-bond acceptors (Lipinski definition) is 3. The average molecular weight is 276 g/mol. The van der Waals surface area contributed by atoms with E-state index < -0.39 is 0 Å². The molecule has 1 fully saturated rings. The van der Waals surface area contributed by atoms with Gasteiger partial charge in [0.05, 0.1) is 7.11 Å². The van der Waals surface area contributed by atoms with Gasteiger partial charge in [-0.25, -0.2) is 0 Å². The summed E-state index contributed by atoms with van der Waals surface area (Å²) < 4.78 is 5.52. The second-order valence-corrected chi connectivity index (χ2v) is 6.19. The Morgan fingerprint density at radius 2 is 2.15 bits per heavy atom. The predicted octanol–water partition coefficient (Wildman–Crippen LogP) is 3.27. The molecule has 0 radical (unpaired) electrons. The van der Waals surface area contributed by atoms with Crippen LogP contribution in [0, 0.1) is 25.7 Å². The van der Waals surface area contributed by atoms with E-state index in [4.69, 9.17) is 4.74 Å². The van der Waals surface area contributed by atoms with Crippen LogP contribution in [0.15, 0.2) is 6.20 Å². The minimum absolute atomic E-state index is 0.559. The Bertz CT molecular complexity index is 459. The first-order valence-electron chi connectivity index (χ1n) is 7.80. The van der Waals surface area contributed by atoms with Gasteiger partial charge in [-0.2, -0.15) is 0 Å². The average Bonchev–Trinajstić information content (AvgIpc) is 3.14. The summed E-state index contributed by atoms with van der Waals surface area (Å²) in [7, 11) is 1.74. The largest absolute Gasteiger partial charge is 0.496 e. The number of pyridine rings is 1. The minimum atomic E-state index is 0.559. The normalized spacial score (nSPS) is 22.6. The zero-order valence-corrected chi connectivity index (χ0v) is 13.5. The molecule has 3 heteroatoms. The van der Waals surface area contributed by atoms with Gasteiger partial charge in [0, 0.05) is 35.5 Å². The molecule has 20 heavy (non-hydrogen) atoms. The number of ether oxygens (including phenoxy) is 1. The quantitative estimate of drug-likeness (QED) is 0.830. The fourth-order valence-electron chi connectivity index (χ4n) is 3.10. The van der Waals surface area contributed by atoms with Crippen LogP contribution in [0.4, 0.5) is 0 Å². The summed E-state index contributed by atoms with van der Waals surface area (Å²) in [5.74, 6) is 2.67. The second-order valence-electron chi connectivity index (χ2n) is 6.19. The highest BCUT2D eigenvalue weighted by Gasteiger charge is 2.39. The molecule has 1 aromatic heterocycles. The molecule has 1 saturated carbocycles. The van der Waals surface area contributed by atoms with Crippen LogP contribution < -0.4 is 10.1 Å². The number of aromatic nitrogens is 1. The van der Waals surface area contributed by atoms with Crippen molar-refractivity contribution in [2.75, 3.05) is 13.7 Å². The minimum Gasteiger partial charge on any atom is -0.496 e. The fourth-order valence-corrected chi connectivity index (χ4v) is 3.10. The van der Waals surface area contributed by atoms with E-state index in [1.807, 2.05) is 6.20 Å². The van der Waals surface area contributed by atoms with Crippen molar-refractivity contribution >= 4 is 0 Å². The fraction of sp³-hybridized carbons (Fsp3) is 0.706. The lowest BCUT2D eigenvalue weighted by molar-refractivity contribution is 0.403. The van der Waals surface area contributed by atoms with E-state index in [0.29, 0.717) is 6.04 Å². The van der Waals surface area contributed by atoms with Crippen molar-refractivity contribution < 1.29 is 4.74 Å². The van der Waals surface area contributed by atoms with E-state index >= 15 is 0 Å². The van der Waals surface area contributed by atoms with E-state index in [2.05, 4.69) is 38.0 Å². The summed E-state index contributed by atoms with van der Waals surface area (Å²) in [5, 5.41) is 3.71. The third-order valence-corrected chi connectivity index (χ3v) is 4.51. The van der Waals surface area contributed by atoms with Crippen LogP contribution in [0.2, 0.25) is 0 Å².